The fourth-order valence-electron chi connectivity index (χ4n) is 2.62. The quantitative estimate of drug-likeness (QED) is 0.671. The van der Waals surface area contributed by atoms with E-state index in [4.69, 9.17) is 4.74 Å². The molecular formula is C19H17BrN2O2. The van der Waals surface area contributed by atoms with Crippen LogP contribution in [0, 0.1) is 0 Å². The van der Waals surface area contributed by atoms with Crippen LogP contribution in [0.25, 0.3) is 23.1 Å². The Hall–Kier alpha value is -2.40. The first-order valence-corrected chi connectivity index (χ1v) is 8.44. The number of ether oxygens (including phenoxy) is 1. The summed E-state index contributed by atoms with van der Waals surface area (Å²) in [7, 11) is 1.64. The monoisotopic (exact) mass is 384 g/mol. The molecule has 0 spiro atoms. The van der Waals surface area contributed by atoms with Gasteiger partial charge < -0.3 is 4.74 Å². The highest BCUT2D eigenvalue weighted by molar-refractivity contribution is 9.10. The zero-order valence-corrected chi connectivity index (χ0v) is 15.1. The summed E-state index contributed by atoms with van der Waals surface area (Å²) in [6, 6.07) is 13.2. The van der Waals surface area contributed by atoms with Crippen molar-refractivity contribution in [3.05, 3.63) is 68.7 Å². The molecule has 4 nitrogen and oxygen atoms in total. The second-order valence-electron chi connectivity index (χ2n) is 5.26. The fraction of sp³-hybridized carbons (Fsp3) is 0.158. The van der Waals surface area contributed by atoms with Crippen molar-refractivity contribution in [3.8, 4) is 5.75 Å². The van der Waals surface area contributed by atoms with E-state index in [1.165, 1.54) is 0 Å². The molecule has 3 aromatic rings. The number of nitrogens with zero attached hydrogens (tertiary/aromatic N) is 2. The summed E-state index contributed by atoms with van der Waals surface area (Å²) in [5, 5.41) is 0.636. The van der Waals surface area contributed by atoms with E-state index in [1.54, 1.807) is 11.7 Å². The van der Waals surface area contributed by atoms with Crippen LogP contribution in [0.3, 0.4) is 0 Å². The highest BCUT2D eigenvalue weighted by atomic mass is 79.9. The Morgan fingerprint density at radius 2 is 2.00 bits per heavy atom. The van der Waals surface area contributed by atoms with Gasteiger partial charge in [0.2, 0.25) is 0 Å². The number of aromatic nitrogens is 2. The molecule has 1 heterocycles. The molecule has 0 saturated heterocycles. The SMILES string of the molecule is CCn1c(/C=C/c2cc(Br)ccc2OC)nc2ccccc2c1=O. The van der Waals surface area contributed by atoms with Crippen LogP contribution in [0.15, 0.2) is 51.7 Å². The van der Waals surface area contributed by atoms with Crippen LogP contribution in [-0.4, -0.2) is 16.7 Å². The predicted molar refractivity (Wildman–Crippen MR) is 101 cm³/mol. The van der Waals surface area contributed by atoms with Crippen LogP contribution >= 0.6 is 15.9 Å². The lowest BCUT2D eigenvalue weighted by atomic mass is 10.2. The maximum atomic E-state index is 12.6. The largest absolute Gasteiger partial charge is 0.496 e. The molecule has 0 fully saturated rings. The van der Waals surface area contributed by atoms with Gasteiger partial charge in [0.05, 0.1) is 18.0 Å². The molecule has 0 atom stereocenters. The van der Waals surface area contributed by atoms with Gasteiger partial charge in [-0.15, -0.1) is 0 Å². The molecule has 0 radical (unpaired) electrons. The highest BCUT2D eigenvalue weighted by Gasteiger charge is 2.08. The van der Waals surface area contributed by atoms with Crippen LogP contribution in [0.4, 0.5) is 0 Å². The number of methoxy groups -OCH3 is 1. The van der Waals surface area contributed by atoms with Crippen molar-refractivity contribution in [3.63, 3.8) is 0 Å². The summed E-state index contributed by atoms with van der Waals surface area (Å²) < 4.78 is 8.01. The Kier molecular flexibility index (Phi) is 4.81. The molecule has 0 saturated carbocycles. The van der Waals surface area contributed by atoms with Crippen LogP contribution < -0.4 is 10.3 Å². The van der Waals surface area contributed by atoms with E-state index >= 15 is 0 Å². The Morgan fingerprint density at radius 1 is 1.21 bits per heavy atom. The number of halogens is 1. The van der Waals surface area contributed by atoms with E-state index in [1.807, 2.05) is 61.5 Å². The molecule has 0 unspecified atom stereocenters. The minimum Gasteiger partial charge on any atom is -0.496 e. The van der Waals surface area contributed by atoms with Gasteiger partial charge in [0.25, 0.3) is 5.56 Å². The number of rotatable bonds is 4. The fourth-order valence-corrected chi connectivity index (χ4v) is 3.00. The maximum Gasteiger partial charge on any atom is 0.261 e. The van der Waals surface area contributed by atoms with Gasteiger partial charge >= 0.3 is 0 Å². The minimum atomic E-state index is -0.0241. The summed E-state index contributed by atoms with van der Waals surface area (Å²) in [6.45, 7) is 2.50. The summed E-state index contributed by atoms with van der Waals surface area (Å²) >= 11 is 3.46. The molecule has 0 aliphatic heterocycles. The predicted octanol–water partition coefficient (Wildman–Crippen LogP) is 4.36. The minimum absolute atomic E-state index is 0.0241. The first kappa shape index (κ1) is 16.5. The molecule has 5 heteroatoms. The number of hydrogen-bond donors (Lipinski definition) is 0. The molecular weight excluding hydrogens is 368 g/mol. The van der Waals surface area contributed by atoms with E-state index < -0.39 is 0 Å². The van der Waals surface area contributed by atoms with Crippen LogP contribution in [-0.2, 0) is 6.54 Å². The van der Waals surface area contributed by atoms with Crippen molar-refractivity contribution in [1.82, 2.24) is 9.55 Å². The van der Waals surface area contributed by atoms with Gasteiger partial charge in [-0.25, -0.2) is 4.98 Å². The number of fused-ring (bicyclic) bond motifs is 1. The number of benzene rings is 2. The highest BCUT2D eigenvalue weighted by Crippen LogP contribution is 2.24. The van der Waals surface area contributed by atoms with Crippen molar-refractivity contribution in [2.24, 2.45) is 0 Å². The molecule has 0 amide bonds. The third kappa shape index (κ3) is 3.12. The standard InChI is InChI=1S/C19H17BrN2O2/c1-3-22-18(21-16-7-5-4-6-15(16)19(22)23)11-8-13-12-14(20)9-10-17(13)24-2/h4-12H,3H2,1-2H3/b11-8+. The lowest BCUT2D eigenvalue weighted by molar-refractivity contribution is 0.414. The van der Waals surface area contributed by atoms with Crippen LogP contribution in [0.5, 0.6) is 5.75 Å². The average Bonchev–Trinajstić information content (AvgIpc) is 2.60. The summed E-state index contributed by atoms with van der Waals surface area (Å²) in [4.78, 5) is 17.2. The van der Waals surface area contributed by atoms with E-state index in [-0.39, 0.29) is 5.56 Å². The normalized spacial score (nSPS) is 11.3. The van der Waals surface area contributed by atoms with Crippen molar-refractivity contribution in [2.45, 2.75) is 13.5 Å². The molecule has 1 aromatic heterocycles. The number of hydrogen-bond acceptors (Lipinski definition) is 3. The average molecular weight is 385 g/mol. The molecule has 24 heavy (non-hydrogen) atoms. The van der Waals surface area contributed by atoms with Crippen molar-refractivity contribution in [1.29, 1.82) is 0 Å². The van der Waals surface area contributed by atoms with E-state index in [2.05, 4.69) is 20.9 Å². The topological polar surface area (TPSA) is 44.1 Å². The van der Waals surface area contributed by atoms with Gasteiger partial charge in [-0.1, -0.05) is 28.1 Å². The van der Waals surface area contributed by atoms with E-state index in [0.29, 0.717) is 23.3 Å². The Morgan fingerprint density at radius 3 is 2.75 bits per heavy atom. The third-order valence-corrected chi connectivity index (χ3v) is 4.30. The zero-order chi connectivity index (χ0) is 17.1. The molecule has 0 aliphatic rings. The molecule has 0 N–H and O–H groups in total. The van der Waals surface area contributed by atoms with Crippen LogP contribution in [0.2, 0.25) is 0 Å². The zero-order valence-electron chi connectivity index (χ0n) is 13.5. The second kappa shape index (κ2) is 7.01. The third-order valence-electron chi connectivity index (χ3n) is 3.81. The maximum absolute atomic E-state index is 12.6. The molecule has 122 valence electrons. The first-order valence-electron chi connectivity index (χ1n) is 7.65. The molecule has 0 bridgehead atoms. The lowest BCUT2D eigenvalue weighted by Crippen LogP contribution is -2.22. The van der Waals surface area contributed by atoms with Crippen molar-refractivity contribution < 1.29 is 4.74 Å². The Bertz CT molecular complexity index is 977. The van der Waals surface area contributed by atoms with Gasteiger partial charge in [0, 0.05) is 16.6 Å². The van der Waals surface area contributed by atoms with Gasteiger partial charge in [-0.3, -0.25) is 9.36 Å². The van der Waals surface area contributed by atoms with Crippen LogP contribution in [0.1, 0.15) is 18.3 Å². The number of para-hydroxylation sites is 1. The summed E-state index contributed by atoms with van der Waals surface area (Å²) in [5.41, 5.74) is 1.59. The van der Waals surface area contributed by atoms with Gasteiger partial charge in [0.1, 0.15) is 11.6 Å². The van der Waals surface area contributed by atoms with Gasteiger partial charge in [-0.2, -0.15) is 0 Å². The summed E-state index contributed by atoms with van der Waals surface area (Å²) in [6.07, 6.45) is 3.76. The smallest absolute Gasteiger partial charge is 0.261 e. The Labute approximate surface area is 148 Å². The molecule has 0 aliphatic carbocycles. The molecule has 3 rings (SSSR count). The van der Waals surface area contributed by atoms with E-state index in [9.17, 15) is 4.79 Å². The van der Waals surface area contributed by atoms with Gasteiger partial charge in [-0.05, 0) is 49.4 Å². The van der Waals surface area contributed by atoms with E-state index in [0.717, 1.165) is 15.8 Å². The molecule has 2 aromatic carbocycles. The summed E-state index contributed by atoms with van der Waals surface area (Å²) in [5.74, 6) is 1.39. The van der Waals surface area contributed by atoms with Gasteiger partial charge in [0.15, 0.2) is 0 Å². The lowest BCUT2D eigenvalue weighted by Gasteiger charge is -2.09. The second-order valence-corrected chi connectivity index (χ2v) is 6.17. The Balaban J connectivity index is 2.13. The van der Waals surface area contributed by atoms with Crippen molar-refractivity contribution >= 4 is 39.0 Å². The van der Waals surface area contributed by atoms with Crippen molar-refractivity contribution in [2.75, 3.05) is 7.11 Å². The first-order chi connectivity index (χ1) is 11.6.